The highest BCUT2D eigenvalue weighted by Gasteiger charge is 2.26. The third-order valence-electron chi connectivity index (χ3n) is 8.82. The summed E-state index contributed by atoms with van der Waals surface area (Å²) < 4.78 is 32.1. The van der Waals surface area contributed by atoms with Crippen LogP contribution in [0, 0.1) is 5.82 Å². The molecule has 43 heavy (non-hydrogen) atoms. The lowest BCUT2D eigenvalue weighted by molar-refractivity contribution is 0.0261. The van der Waals surface area contributed by atoms with Gasteiger partial charge in [0.15, 0.2) is 0 Å². The van der Waals surface area contributed by atoms with Gasteiger partial charge < -0.3 is 29.3 Å². The Kier molecular flexibility index (Phi) is 10.1. The standard InChI is InChI=1S/C32H42ClFN6O3/c1-38-10-5-24(6-11-38)40-14-12-39(13-15-40)9-2-16-42-26-20-29-31(30(21-26)43-25-7-17-41-18-8-25)32(36-22-35-29)37-23-3-4-28(34)27(33)19-23/h3-4,19-22,24-25H,2,5-18H2,1H3,(H,35,36,37). The second-order valence-electron chi connectivity index (χ2n) is 11.8. The molecule has 1 N–H and O–H groups in total. The maximum absolute atomic E-state index is 13.8. The summed E-state index contributed by atoms with van der Waals surface area (Å²) in [6, 6.07) is 9.10. The molecule has 232 valence electrons. The van der Waals surface area contributed by atoms with Crippen molar-refractivity contribution in [1.29, 1.82) is 0 Å². The number of piperidine rings is 1. The Morgan fingerprint density at radius 1 is 1.00 bits per heavy atom. The van der Waals surface area contributed by atoms with Crippen molar-refractivity contribution in [2.75, 3.05) is 78.0 Å². The summed E-state index contributed by atoms with van der Waals surface area (Å²) in [6.45, 7) is 9.96. The van der Waals surface area contributed by atoms with Crippen LogP contribution in [0.4, 0.5) is 15.9 Å². The van der Waals surface area contributed by atoms with Crippen molar-refractivity contribution in [1.82, 2.24) is 24.7 Å². The van der Waals surface area contributed by atoms with Crippen LogP contribution in [0.15, 0.2) is 36.7 Å². The zero-order chi connectivity index (χ0) is 29.6. The van der Waals surface area contributed by atoms with Gasteiger partial charge in [0.2, 0.25) is 0 Å². The van der Waals surface area contributed by atoms with Crippen LogP contribution >= 0.6 is 11.6 Å². The van der Waals surface area contributed by atoms with Crippen LogP contribution in [-0.2, 0) is 4.74 Å². The monoisotopic (exact) mass is 612 g/mol. The van der Waals surface area contributed by atoms with Crippen molar-refractivity contribution >= 4 is 34.0 Å². The zero-order valence-corrected chi connectivity index (χ0v) is 25.7. The van der Waals surface area contributed by atoms with E-state index in [0.717, 1.165) is 69.2 Å². The SMILES string of the molecule is CN1CCC(N2CCN(CCCOc3cc(OC4CCOCC4)c4c(Nc5ccc(F)c(Cl)c5)ncnc4c3)CC2)CC1. The molecule has 3 aliphatic heterocycles. The Morgan fingerprint density at radius 3 is 2.56 bits per heavy atom. The fraction of sp³-hybridized carbons (Fsp3) is 0.562. The lowest BCUT2D eigenvalue weighted by Crippen LogP contribution is -2.53. The van der Waals surface area contributed by atoms with Crippen LogP contribution in [0.3, 0.4) is 0 Å². The summed E-state index contributed by atoms with van der Waals surface area (Å²) in [5.41, 5.74) is 1.33. The average Bonchev–Trinajstić information content (AvgIpc) is 3.02. The molecule has 0 aliphatic carbocycles. The Hall–Kier alpha value is -2.76. The van der Waals surface area contributed by atoms with Crippen LogP contribution in [0.5, 0.6) is 11.5 Å². The number of rotatable bonds is 10. The molecule has 1 aromatic heterocycles. The van der Waals surface area contributed by atoms with Crippen molar-refractivity contribution in [3.63, 3.8) is 0 Å². The van der Waals surface area contributed by atoms with E-state index < -0.39 is 5.82 Å². The van der Waals surface area contributed by atoms with Crippen molar-refractivity contribution in [2.45, 2.75) is 44.2 Å². The lowest BCUT2D eigenvalue weighted by Gasteiger charge is -2.42. The third-order valence-corrected chi connectivity index (χ3v) is 9.11. The normalized spacial score (nSPS) is 20.0. The van der Waals surface area contributed by atoms with E-state index in [4.69, 9.17) is 25.8 Å². The zero-order valence-electron chi connectivity index (χ0n) is 24.9. The Labute approximate surface area is 258 Å². The number of nitrogens with one attached hydrogen (secondary N) is 1. The molecule has 6 rings (SSSR count). The van der Waals surface area contributed by atoms with Crippen LogP contribution in [0.25, 0.3) is 10.9 Å². The summed E-state index contributed by atoms with van der Waals surface area (Å²) in [4.78, 5) is 16.7. The number of likely N-dealkylation sites (tertiary alicyclic amines) is 1. The van der Waals surface area contributed by atoms with Crippen LogP contribution in [0.2, 0.25) is 5.02 Å². The number of halogens is 2. The molecule has 0 spiro atoms. The highest BCUT2D eigenvalue weighted by molar-refractivity contribution is 6.31. The van der Waals surface area contributed by atoms with Gasteiger partial charge in [-0.3, -0.25) is 4.90 Å². The average molecular weight is 613 g/mol. The van der Waals surface area contributed by atoms with Gasteiger partial charge >= 0.3 is 0 Å². The number of piperazine rings is 1. The van der Waals surface area contributed by atoms with Crippen LogP contribution < -0.4 is 14.8 Å². The third kappa shape index (κ3) is 7.85. The first-order chi connectivity index (χ1) is 21.0. The van der Waals surface area contributed by atoms with Crippen molar-refractivity contribution in [3.8, 4) is 11.5 Å². The molecular formula is C32H42ClFN6O3. The minimum atomic E-state index is -0.472. The molecule has 2 aromatic carbocycles. The molecule has 4 heterocycles. The van der Waals surface area contributed by atoms with Gasteiger partial charge in [-0.15, -0.1) is 0 Å². The molecule has 11 heteroatoms. The van der Waals surface area contributed by atoms with E-state index in [-0.39, 0.29) is 11.1 Å². The molecule has 3 saturated heterocycles. The van der Waals surface area contributed by atoms with Gasteiger partial charge in [0.25, 0.3) is 0 Å². The fourth-order valence-corrected chi connectivity index (χ4v) is 6.46. The van der Waals surface area contributed by atoms with Gasteiger partial charge in [0, 0.05) is 69.4 Å². The molecule has 3 fully saturated rings. The second-order valence-corrected chi connectivity index (χ2v) is 12.2. The molecule has 3 aliphatic rings. The fourth-order valence-electron chi connectivity index (χ4n) is 6.27. The molecule has 0 amide bonds. The van der Waals surface area contributed by atoms with E-state index in [1.807, 2.05) is 12.1 Å². The van der Waals surface area contributed by atoms with E-state index in [1.54, 1.807) is 6.07 Å². The number of hydrogen-bond donors (Lipinski definition) is 1. The number of benzene rings is 2. The molecular weight excluding hydrogens is 571 g/mol. The van der Waals surface area contributed by atoms with Gasteiger partial charge in [-0.1, -0.05) is 11.6 Å². The van der Waals surface area contributed by atoms with E-state index in [0.29, 0.717) is 42.6 Å². The summed E-state index contributed by atoms with van der Waals surface area (Å²) in [5.74, 6) is 1.46. The largest absolute Gasteiger partial charge is 0.493 e. The molecule has 0 unspecified atom stereocenters. The number of fused-ring (bicyclic) bond motifs is 1. The first kappa shape index (κ1) is 30.3. The molecule has 0 saturated carbocycles. The summed E-state index contributed by atoms with van der Waals surface area (Å²) in [7, 11) is 2.23. The predicted molar refractivity (Wildman–Crippen MR) is 167 cm³/mol. The highest BCUT2D eigenvalue weighted by atomic mass is 35.5. The molecule has 0 atom stereocenters. The van der Waals surface area contributed by atoms with Crippen molar-refractivity contribution < 1.29 is 18.6 Å². The van der Waals surface area contributed by atoms with Gasteiger partial charge in [0.05, 0.1) is 35.7 Å². The number of ether oxygens (including phenoxy) is 3. The minimum absolute atomic E-state index is 0.0220. The Bertz CT molecular complexity index is 1360. The Morgan fingerprint density at radius 2 is 1.79 bits per heavy atom. The van der Waals surface area contributed by atoms with Gasteiger partial charge in [-0.2, -0.15) is 0 Å². The van der Waals surface area contributed by atoms with Crippen LogP contribution in [-0.4, -0.2) is 109 Å². The minimum Gasteiger partial charge on any atom is -0.493 e. The highest BCUT2D eigenvalue weighted by Crippen LogP contribution is 2.37. The van der Waals surface area contributed by atoms with Crippen LogP contribution in [0.1, 0.15) is 32.1 Å². The lowest BCUT2D eigenvalue weighted by atomic mass is 10.0. The van der Waals surface area contributed by atoms with Crippen molar-refractivity contribution in [3.05, 3.63) is 47.5 Å². The molecule has 3 aromatic rings. The molecule has 9 nitrogen and oxygen atoms in total. The second kappa shape index (κ2) is 14.3. The van der Waals surface area contributed by atoms with Gasteiger partial charge in [-0.25, -0.2) is 14.4 Å². The molecule has 0 bridgehead atoms. The quantitative estimate of drug-likeness (QED) is 0.311. The summed E-state index contributed by atoms with van der Waals surface area (Å²) in [6.07, 6.45) is 6.67. The maximum Gasteiger partial charge on any atom is 0.145 e. The predicted octanol–water partition coefficient (Wildman–Crippen LogP) is 5.20. The first-order valence-electron chi connectivity index (χ1n) is 15.5. The number of hydrogen-bond acceptors (Lipinski definition) is 9. The van der Waals surface area contributed by atoms with E-state index in [1.165, 1.54) is 44.4 Å². The van der Waals surface area contributed by atoms with E-state index >= 15 is 0 Å². The topological polar surface area (TPSA) is 75.2 Å². The van der Waals surface area contributed by atoms with E-state index in [2.05, 4.69) is 37.0 Å². The van der Waals surface area contributed by atoms with E-state index in [9.17, 15) is 4.39 Å². The van der Waals surface area contributed by atoms with Gasteiger partial charge in [-0.05, 0) is 57.6 Å². The van der Waals surface area contributed by atoms with Crippen molar-refractivity contribution in [2.24, 2.45) is 0 Å². The van der Waals surface area contributed by atoms with Gasteiger partial charge in [0.1, 0.15) is 35.6 Å². The number of aromatic nitrogens is 2. The number of nitrogens with zero attached hydrogens (tertiary/aromatic N) is 5. The number of anilines is 2. The summed E-state index contributed by atoms with van der Waals surface area (Å²) >= 11 is 6.02. The molecule has 0 radical (unpaired) electrons. The first-order valence-corrected chi connectivity index (χ1v) is 15.9. The Balaban J connectivity index is 1.09. The summed E-state index contributed by atoms with van der Waals surface area (Å²) in [5, 5.41) is 4.05. The maximum atomic E-state index is 13.8. The smallest absolute Gasteiger partial charge is 0.145 e.